The Labute approximate surface area is 107 Å². The summed E-state index contributed by atoms with van der Waals surface area (Å²) in [5, 5.41) is 20.7. The molecule has 6 heteroatoms. The Kier molecular flexibility index (Phi) is 4.70. The van der Waals surface area contributed by atoms with Crippen LogP contribution in [-0.2, 0) is 9.59 Å². The van der Waals surface area contributed by atoms with E-state index >= 15 is 0 Å². The van der Waals surface area contributed by atoms with Gasteiger partial charge in [0.1, 0.15) is 12.1 Å². The highest BCUT2D eigenvalue weighted by Gasteiger charge is 2.48. The van der Waals surface area contributed by atoms with E-state index in [4.69, 9.17) is 0 Å². The molecule has 0 aromatic heterocycles. The van der Waals surface area contributed by atoms with E-state index in [1.165, 1.54) is 0 Å². The third-order valence-corrected chi connectivity index (χ3v) is 3.85. The molecule has 0 spiro atoms. The quantitative estimate of drug-likeness (QED) is 0.744. The number of hydroxylamine groups is 4. The number of carbonyl (C=O) groups excluding carboxylic acids is 2. The van der Waals surface area contributed by atoms with Crippen molar-refractivity contribution in [1.29, 1.82) is 0 Å². The average Bonchev–Trinajstić information content (AvgIpc) is 2.36. The van der Waals surface area contributed by atoms with Crippen molar-refractivity contribution in [3.8, 4) is 0 Å². The molecule has 1 rings (SSSR count). The molecular formula is C12H22N2O4. The van der Waals surface area contributed by atoms with Gasteiger partial charge in [0, 0.05) is 0 Å². The number of rotatable bonds is 4. The van der Waals surface area contributed by atoms with Crippen LogP contribution < -0.4 is 0 Å². The van der Waals surface area contributed by atoms with E-state index in [9.17, 15) is 20.0 Å². The first kappa shape index (κ1) is 14.9. The Morgan fingerprint density at radius 2 is 1.22 bits per heavy atom. The van der Waals surface area contributed by atoms with Crippen molar-refractivity contribution in [3.63, 3.8) is 0 Å². The topological polar surface area (TPSA) is 81.1 Å². The molecule has 1 saturated heterocycles. The highest BCUT2D eigenvalue weighted by atomic mass is 16.5. The Morgan fingerprint density at radius 1 is 0.944 bits per heavy atom. The monoisotopic (exact) mass is 258 g/mol. The molecule has 6 nitrogen and oxygen atoms in total. The minimum absolute atomic E-state index is 0.209. The first-order valence-electron chi connectivity index (χ1n) is 6.40. The molecule has 0 aromatic rings. The second-order valence-electron chi connectivity index (χ2n) is 5.03. The zero-order valence-electron chi connectivity index (χ0n) is 11.3. The van der Waals surface area contributed by atoms with Gasteiger partial charge in [0.2, 0.25) is 0 Å². The van der Waals surface area contributed by atoms with Crippen molar-refractivity contribution >= 4 is 11.8 Å². The number of carbonyl (C=O) groups is 2. The summed E-state index contributed by atoms with van der Waals surface area (Å²) < 4.78 is 0. The minimum Gasteiger partial charge on any atom is -0.285 e. The fourth-order valence-corrected chi connectivity index (χ4v) is 2.17. The van der Waals surface area contributed by atoms with Crippen molar-refractivity contribution in [3.05, 3.63) is 0 Å². The van der Waals surface area contributed by atoms with E-state index in [1.807, 2.05) is 13.8 Å². The maximum Gasteiger partial charge on any atom is 0.272 e. The molecule has 0 bridgehead atoms. The number of piperazine rings is 1. The van der Waals surface area contributed by atoms with Crippen LogP contribution in [0.3, 0.4) is 0 Å². The van der Waals surface area contributed by atoms with E-state index < -0.39 is 23.9 Å². The largest absolute Gasteiger partial charge is 0.285 e. The molecule has 0 aliphatic carbocycles. The predicted octanol–water partition coefficient (Wildman–Crippen LogP) is 1.27. The lowest BCUT2D eigenvalue weighted by atomic mass is 9.90. The van der Waals surface area contributed by atoms with Gasteiger partial charge in [-0.05, 0) is 11.8 Å². The molecule has 2 N–H and O–H groups in total. The van der Waals surface area contributed by atoms with Crippen LogP contribution in [0.25, 0.3) is 0 Å². The standard InChI is InChI=1S/C12H22N2O4/c1-5-7(3)9-11(15)14(18)10(8(4)6-2)12(16)13(9)17/h7-10,17-18H,5-6H2,1-4H3/t7-,8+,9-,10+. The summed E-state index contributed by atoms with van der Waals surface area (Å²) >= 11 is 0. The maximum atomic E-state index is 12.0. The summed E-state index contributed by atoms with van der Waals surface area (Å²) in [6.07, 6.45) is 1.26. The Morgan fingerprint density at radius 3 is 1.44 bits per heavy atom. The molecule has 0 unspecified atom stereocenters. The van der Waals surface area contributed by atoms with Gasteiger partial charge in [0.15, 0.2) is 0 Å². The van der Waals surface area contributed by atoms with Crippen LogP contribution in [0.1, 0.15) is 40.5 Å². The number of amides is 2. The lowest BCUT2D eigenvalue weighted by Gasteiger charge is -2.42. The van der Waals surface area contributed by atoms with Crippen molar-refractivity contribution in [1.82, 2.24) is 10.1 Å². The maximum absolute atomic E-state index is 12.0. The van der Waals surface area contributed by atoms with Crippen molar-refractivity contribution in [2.45, 2.75) is 52.6 Å². The van der Waals surface area contributed by atoms with Gasteiger partial charge in [-0.1, -0.05) is 40.5 Å². The zero-order chi connectivity index (χ0) is 14.0. The molecule has 0 radical (unpaired) electrons. The molecule has 4 atom stereocenters. The summed E-state index contributed by atoms with van der Waals surface area (Å²) in [5.41, 5.74) is 0. The summed E-state index contributed by atoms with van der Waals surface area (Å²) in [4.78, 5) is 24.1. The fourth-order valence-electron chi connectivity index (χ4n) is 2.17. The van der Waals surface area contributed by atoms with Crippen molar-refractivity contribution < 1.29 is 20.0 Å². The van der Waals surface area contributed by atoms with Crippen LogP contribution in [-0.4, -0.2) is 44.4 Å². The molecule has 0 saturated carbocycles. The Bertz CT molecular complexity index is 302. The highest BCUT2D eigenvalue weighted by molar-refractivity contribution is 5.95. The number of nitrogens with zero attached hydrogens (tertiary/aromatic N) is 2. The molecule has 1 fully saturated rings. The van der Waals surface area contributed by atoms with Crippen molar-refractivity contribution in [2.24, 2.45) is 11.8 Å². The summed E-state index contributed by atoms with van der Waals surface area (Å²) in [6.45, 7) is 7.24. The van der Waals surface area contributed by atoms with Crippen LogP contribution >= 0.6 is 0 Å². The van der Waals surface area contributed by atoms with Gasteiger partial charge in [-0.2, -0.15) is 0 Å². The van der Waals surface area contributed by atoms with E-state index in [2.05, 4.69) is 0 Å². The highest BCUT2D eigenvalue weighted by Crippen LogP contribution is 2.26. The van der Waals surface area contributed by atoms with E-state index in [0.717, 1.165) is 0 Å². The average molecular weight is 258 g/mol. The van der Waals surface area contributed by atoms with Gasteiger partial charge in [0.05, 0.1) is 0 Å². The van der Waals surface area contributed by atoms with Crippen LogP contribution in [0.2, 0.25) is 0 Å². The van der Waals surface area contributed by atoms with Crippen LogP contribution in [0, 0.1) is 11.8 Å². The molecule has 18 heavy (non-hydrogen) atoms. The smallest absolute Gasteiger partial charge is 0.272 e. The molecule has 2 amide bonds. The molecule has 0 aromatic carbocycles. The summed E-state index contributed by atoms with van der Waals surface area (Å²) in [5.74, 6) is -1.65. The van der Waals surface area contributed by atoms with E-state index in [0.29, 0.717) is 23.0 Å². The minimum atomic E-state index is -0.993. The van der Waals surface area contributed by atoms with Crippen molar-refractivity contribution in [2.75, 3.05) is 0 Å². The lowest BCUT2D eigenvalue weighted by Crippen LogP contribution is -2.65. The Balaban J connectivity index is 3.03. The van der Waals surface area contributed by atoms with E-state index in [-0.39, 0.29) is 11.8 Å². The summed E-state index contributed by atoms with van der Waals surface area (Å²) in [6, 6.07) is -1.99. The van der Waals surface area contributed by atoms with Crippen LogP contribution in [0.5, 0.6) is 0 Å². The van der Waals surface area contributed by atoms with Gasteiger partial charge in [0.25, 0.3) is 11.8 Å². The van der Waals surface area contributed by atoms with E-state index in [1.54, 1.807) is 13.8 Å². The third kappa shape index (κ3) is 2.35. The first-order chi connectivity index (χ1) is 8.36. The SMILES string of the molecule is CC[C@@H](C)[C@@H]1C(=O)N(O)[C@@H]([C@@H](C)CC)C(=O)N1O. The lowest BCUT2D eigenvalue weighted by molar-refractivity contribution is -0.238. The van der Waals surface area contributed by atoms with Gasteiger partial charge in [-0.3, -0.25) is 20.0 Å². The molecule has 1 heterocycles. The molecule has 1 aliphatic rings. The predicted molar refractivity (Wildman–Crippen MR) is 63.8 cm³/mol. The van der Waals surface area contributed by atoms with Gasteiger partial charge in [-0.15, -0.1) is 0 Å². The molecular weight excluding hydrogens is 236 g/mol. The normalized spacial score (nSPS) is 28.6. The first-order valence-corrected chi connectivity index (χ1v) is 6.40. The van der Waals surface area contributed by atoms with Crippen LogP contribution in [0.15, 0.2) is 0 Å². The summed E-state index contributed by atoms with van der Waals surface area (Å²) in [7, 11) is 0. The number of hydrogen-bond acceptors (Lipinski definition) is 4. The Hall–Kier alpha value is -1.14. The van der Waals surface area contributed by atoms with Gasteiger partial charge < -0.3 is 0 Å². The second kappa shape index (κ2) is 5.67. The number of hydrogen-bond donors (Lipinski definition) is 2. The fraction of sp³-hybridized carbons (Fsp3) is 0.833. The third-order valence-electron chi connectivity index (χ3n) is 3.85. The van der Waals surface area contributed by atoms with Gasteiger partial charge in [-0.25, -0.2) is 10.1 Å². The van der Waals surface area contributed by atoms with Gasteiger partial charge >= 0.3 is 0 Å². The molecule has 104 valence electrons. The van der Waals surface area contributed by atoms with Crippen LogP contribution in [0.4, 0.5) is 0 Å². The molecule has 1 aliphatic heterocycles. The zero-order valence-corrected chi connectivity index (χ0v) is 11.3. The second-order valence-corrected chi connectivity index (χ2v) is 5.03.